The second-order valence-corrected chi connectivity index (χ2v) is 4.14. The molecule has 2 rings (SSSR count). The molecule has 0 spiro atoms. The lowest BCUT2D eigenvalue weighted by Gasteiger charge is -1.99. The fourth-order valence-corrected chi connectivity index (χ4v) is 2.45. The lowest BCUT2D eigenvalue weighted by molar-refractivity contribution is 0.491. The minimum Gasteiger partial charge on any atom is -0.499 e. The van der Waals surface area contributed by atoms with Crippen molar-refractivity contribution in [3.05, 3.63) is 23.8 Å². The minimum atomic E-state index is 0.298. The van der Waals surface area contributed by atoms with Gasteiger partial charge < -0.3 is 10.8 Å². The Kier molecular flexibility index (Phi) is 2.06. The summed E-state index contributed by atoms with van der Waals surface area (Å²) in [6, 6.07) is 5.40. The van der Waals surface area contributed by atoms with E-state index in [1.165, 1.54) is 11.3 Å². The number of aromatic hydroxyl groups is 1. The molecule has 0 radical (unpaired) electrons. The van der Waals surface area contributed by atoms with Crippen LogP contribution in [0.25, 0.3) is 10.1 Å². The molecule has 2 aromatic rings. The molecule has 0 atom stereocenters. The molecule has 0 unspecified atom stereocenters. The molecule has 0 saturated heterocycles. The fraction of sp³-hybridized carbons (Fsp3) is 0.111. The molecule has 0 amide bonds. The van der Waals surface area contributed by atoms with Gasteiger partial charge in [-0.25, -0.2) is 0 Å². The molecule has 3 N–H and O–H groups in total. The van der Waals surface area contributed by atoms with E-state index in [0.717, 1.165) is 15.6 Å². The summed E-state index contributed by atoms with van der Waals surface area (Å²) in [5, 5.41) is 10.6. The predicted octanol–water partition coefficient (Wildman–Crippen LogP) is 2.93. The number of alkyl halides is 1. The quantitative estimate of drug-likeness (QED) is 0.565. The molecule has 0 fully saturated rings. The summed E-state index contributed by atoms with van der Waals surface area (Å²) in [6.07, 6.45) is 0. The molecule has 0 saturated carbocycles. The van der Waals surface area contributed by atoms with Gasteiger partial charge in [0.15, 0.2) is 5.06 Å². The van der Waals surface area contributed by atoms with Crippen molar-refractivity contribution in [3.63, 3.8) is 0 Å². The fourth-order valence-electron chi connectivity index (χ4n) is 1.33. The monoisotopic (exact) mass is 213 g/mol. The molecule has 1 aromatic heterocycles. The summed E-state index contributed by atoms with van der Waals surface area (Å²) in [5.74, 6) is 0.414. The average molecular weight is 214 g/mol. The number of benzene rings is 1. The Bertz CT molecular complexity index is 452. The van der Waals surface area contributed by atoms with Crippen molar-refractivity contribution >= 4 is 38.7 Å². The number of hydrogen-bond acceptors (Lipinski definition) is 3. The molecule has 1 aromatic carbocycles. The van der Waals surface area contributed by atoms with E-state index in [4.69, 9.17) is 17.3 Å². The highest BCUT2D eigenvalue weighted by atomic mass is 35.5. The first-order valence-electron chi connectivity index (χ1n) is 3.77. The third-order valence-corrected chi connectivity index (χ3v) is 3.05. The van der Waals surface area contributed by atoms with Crippen LogP contribution < -0.4 is 5.73 Å². The first kappa shape index (κ1) is 8.66. The van der Waals surface area contributed by atoms with Crippen molar-refractivity contribution in [3.8, 4) is 5.06 Å². The summed E-state index contributed by atoms with van der Waals surface area (Å²) in [4.78, 5) is 0. The van der Waals surface area contributed by atoms with Crippen molar-refractivity contribution in [2.75, 3.05) is 5.73 Å². The number of nitrogen functional groups attached to an aromatic ring is 1. The Morgan fingerprint density at radius 3 is 2.85 bits per heavy atom. The van der Waals surface area contributed by atoms with Crippen LogP contribution in [0, 0.1) is 0 Å². The molecule has 4 heteroatoms. The second kappa shape index (κ2) is 3.09. The molecule has 2 nitrogen and oxygen atoms in total. The van der Waals surface area contributed by atoms with Gasteiger partial charge in [-0.05, 0) is 23.8 Å². The summed E-state index contributed by atoms with van der Waals surface area (Å²) in [7, 11) is 0. The molecule has 68 valence electrons. The Morgan fingerprint density at radius 2 is 2.15 bits per heavy atom. The Balaban J connectivity index is 2.80. The number of anilines is 1. The number of rotatable bonds is 1. The van der Waals surface area contributed by atoms with Gasteiger partial charge in [0.1, 0.15) is 0 Å². The predicted molar refractivity (Wildman–Crippen MR) is 57.5 cm³/mol. The molecule has 0 aliphatic rings. The van der Waals surface area contributed by atoms with E-state index in [1.807, 2.05) is 12.1 Å². The van der Waals surface area contributed by atoms with Crippen LogP contribution in [-0.2, 0) is 5.88 Å². The average Bonchev–Trinajstić information content (AvgIpc) is 2.43. The van der Waals surface area contributed by atoms with Crippen molar-refractivity contribution in [2.45, 2.75) is 5.88 Å². The maximum atomic E-state index is 9.30. The van der Waals surface area contributed by atoms with E-state index in [2.05, 4.69) is 0 Å². The normalized spacial score (nSPS) is 10.8. The van der Waals surface area contributed by atoms with Crippen LogP contribution in [-0.4, -0.2) is 5.11 Å². The highest BCUT2D eigenvalue weighted by Crippen LogP contribution is 2.34. The maximum Gasteiger partial charge on any atom is 0.172 e. The van der Waals surface area contributed by atoms with E-state index in [-0.39, 0.29) is 0 Å². The highest BCUT2D eigenvalue weighted by molar-refractivity contribution is 7.20. The second-order valence-electron chi connectivity index (χ2n) is 2.81. The zero-order valence-electron chi connectivity index (χ0n) is 6.75. The van der Waals surface area contributed by atoms with Gasteiger partial charge in [-0.15, -0.1) is 11.6 Å². The number of thiophene rings is 1. The Labute approximate surface area is 84.6 Å². The molecule has 1 heterocycles. The van der Waals surface area contributed by atoms with Gasteiger partial charge in [0, 0.05) is 21.7 Å². The van der Waals surface area contributed by atoms with E-state index in [0.29, 0.717) is 16.6 Å². The topological polar surface area (TPSA) is 46.2 Å². The van der Waals surface area contributed by atoms with Crippen molar-refractivity contribution < 1.29 is 5.11 Å². The number of fused-ring (bicyclic) bond motifs is 1. The summed E-state index contributed by atoms with van der Waals surface area (Å²) in [6.45, 7) is 0. The SMILES string of the molecule is Nc1cc(CCl)c2cc(O)sc2c1. The lowest BCUT2D eigenvalue weighted by Crippen LogP contribution is -1.86. The van der Waals surface area contributed by atoms with Crippen LogP contribution >= 0.6 is 22.9 Å². The summed E-state index contributed by atoms with van der Waals surface area (Å²) >= 11 is 7.07. The van der Waals surface area contributed by atoms with Crippen LogP contribution in [0.15, 0.2) is 18.2 Å². The molecule has 0 bridgehead atoms. The summed E-state index contributed by atoms with van der Waals surface area (Å²) < 4.78 is 0.980. The lowest BCUT2D eigenvalue weighted by atomic mass is 10.1. The van der Waals surface area contributed by atoms with E-state index >= 15 is 0 Å². The number of hydrogen-bond donors (Lipinski definition) is 2. The molecular formula is C9H8ClNOS. The number of nitrogens with two attached hydrogens (primary N) is 1. The van der Waals surface area contributed by atoms with Crippen LogP contribution in [0.3, 0.4) is 0 Å². The third-order valence-electron chi connectivity index (χ3n) is 1.88. The molecule has 13 heavy (non-hydrogen) atoms. The minimum absolute atomic E-state index is 0.298. The van der Waals surface area contributed by atoms with Crippen LogP contribution in [0.4, 0.5) is 5.69 Å². The zero-order valence-corrected chi connectivity index (χ0v) is 8.32. The van der Waals surface area contributed by atoms with Crippen molar-refractivity contribution in [2.24, 2.45) is 0 Å². The van der Waals surface area contributed by atoms with E-state index in [1.54, 1.807) is 6.07 Å². The van der Waals surface area contributed by atoms with Gasteiger partial charge >= 0.3 is 0 Å². The van der Waals surface area contributed by atoms with Gasteiger partial charge in [0.05, 0.1) is 0 Å². The maximum absolute atomic E-state index is 9.30. The Hall–Kier alpha value is -0.930. The van der Waals surface area contributed by atoms with Crippen LogP contribution in [0.1, 0.15) is 5.56 Å². The molecule has 0 aliphatic heterocycles. The van der Waals surface area contributed by atoms with Gasteiger partial charge in [-0.2, -0.15) is 0 Å². The first-order chi connectivity index (χ1) is 6.20. The number of halogens is 1. The van der Waals surface area contributed by atoms with Crippen LogP contribution in [0.2, 0.25) is 0 Å². The van der Waals surface area contributed by atoms with Gasteiger partial charge in [0.25, 0.3) is 0 Å². The van der Waals surface area contributed by atoms with Crippen molar-refractivity contribution in [1.29, 1.82) is 0 Å². The van der Waals surface area contributed by atoms with E-state index < -0.39 is 0 Å². The smallest absolute Gasteiger partial charge is 0.172 e. The third kappa shape index (κ3) is 1.45. The largest absolute Gasteiger partial charge is 0.499 e. The van der Waals surface area contributed by atoms with Crippen LogP contribution in [0.5, 0.6) is 5.06 Å². The van der Waals surface area contributed by atoms with Gasteiger partial charge in [-0.3, -0.25) is 0 Å². The zero-order chi connectivity index (χ0) is 9.42. The van der Waals surface area contributed by atoms with Gasteiger partial charge in [-0.1, -0.05) is 11.3 Å². The first-order valence-corrected chi connectivity index (χ1v) is 5.12. The van der Waals surface area contributed by atoms with Crippen molar-refractivity contribution in [1.82, 2.24) is 0 Å². The molecule has 0 aliphatic carbocycles. The molecular weight excluding hydrogens is 206 g/mol. The Morgan fingerprint density at radius 1 is 1.38 bits per heavy atom. The van der Waals surface area contributed by atoms with Gasteiger partial charge in [0.2, 0.25) is 0 Å². The highest BCUT2D eigenvalue weighted by Gasteiger charge is 2.05. The van der Waals surface area contributed by atoms with E-state index in [9.17, 15) is 5.11 Å². The standard InChI is InChI=1S/C9H8ClNOS/c10-4-5-1-6(11)2-8-7(5)3-9(12)13-8/h1-3,12H,4,11H2. The summed E-state index contributed by atoms with van der Waals surface area (Å²) in [5.41, 5.74) is 7.33.